The molecule has 0 aliphatic rings. The third-order valence-electron chi connectivity index (χ3n) is 3.38. The number of carbonyl (C=O) groups is 2. The summed E-state index contributed by atoms with van der Waals surface area (Å²) in [4.78, 5) is 24.2. The van der Waals surface area contributed by atoms with Crippen LogP contribution < -0.4 is 5.32 Å². The van der Waals surface area contributed by atoms with Crippen molar-refractivity contribution in [3.8, 4) is 0 Å². The number of likely N-dealkylation sites (N-methyl/N-ethyl adjacent to an activating group) is 1. The number of hydrogen-bond donors (Lipinski definition) is 2. The number of amides is 2. The van der Waals surface area contributed by atoms with Gasteiger partial charge in [-0.05, 0) is 38.5 Å². The number of halogens is 1. The summed E-state index contributed by atoms with van der Waals surface area (Å²) in [6, 6.07) is 4.90. The Bertz CT molecular complexity index is 500. The van der Waals surface area contributed by atoms with Gasteiger partial charge in [0.25, 0.3) is 0 Å². The molecule has 2 N–H and O–H groups in total. The number of aliphatic carboxylic acids is 1. The lowest BCUT2D eigenvalue weighted by Gasteiger charge is -2.32. The van der Waals surface area contributed by atoms with E-state index >= 15 is 0 Å². The van der Waals surface area contributed by atoms with Crippen molar-refractivity contribution in [2.45, 2.75) is 32.4 Å². The molecule has 5 nitrogen and oxygen atoms in total. The van der Waals surface area contributed by atoms with E-state index in [9.17, 15) is 14.0 Å². The summed E-state index contributed by atoms with van der Waals surface area (Å²) in [6.45, 7) is 4.63. The van der Waals surface area contributed by atoms with Crippen molar-refractivity contribution in [3.05, 3.63) is 35.6 Å². The monoisotopic (exact) mass is 282 g/mol. The Balaban J connectivity index is 2.75. The number of nitrogens with zero attached hydrogens (tertiary/aromatic N) is 1. The maximum atomic E-state index is 12.8. The molecule has 1 aromatic rings. The predicted molar refractivity (Wildman–Crippen MR) is 72.8 cm³/mol. The fourth-order valence-electron chi connectivity index (χ4n) is 1.51. The molecule has 0 heterocycles. The van der Waals surface area contributed by atoms with Gasteiger partial charge in [0.15, 0.2) is 0 Å². The number of rotatable bonds is 4. The Morgan fingerprint density at radius 1 is 1.30 bits per heavy atom. The predicted octanol–water partition coefficient (Wildman–Crippen LogP) is 2.39. The van der Waals surface area contributed by atoms with Gasteiger partial charge in [-0.2, -0.15) is 0 Å². The van der Waals surface area contributed by atoms with Crippen molar-refractivity contribution in [1.29, 1.82) is 0 Å². The zero-order valence-corrected chi connectivity index (χ0v) is 12.0. The molecule has 0 aliphatic carbocycles. The van der Waals surface area contributed by atoms with Gasteiger partial charge in [0, 0.05) is 7.05 Å². The van der Waals surface area contributed by atoms with E-state index in [1.54, 1.807) is 19.1 Å². The average molecular weight is 282 g/mol. The lowest BCUT2D eigenvalue weighted by Crippen LogP contribution is -2.54. The van der Waals surface area contributed by atoms with Gasteiger partial charge >= 0.3 is 12.0 Å². The van der Waals surface area contributed by atoms with Crippen molar-refractivity contribution < 1.29 is 19.1 Å². The first-order chi connectivity index (χ1) is 9.16. The minimum Gasteiger partial charge on any atom is -0.480 e. The first-order valence-electron chi connectivity index (χ1n) is 6.19. The van der Waals surface area contributed by atoms with Crippen LogP contribution in [0.25, 0.3) is 0 Å². The second kappa shape index (κ2) is 5.90. The highest BCUT2D eigenvalue weighted by Crippen LogP contribution is 2.16. The summed E-state index contributed by atoms with van der Waals surface area (Å²) >= 11 is 0. The second-order valence-electron chi connectivity index (χ2n) is 5.15. The number of carboxylic acids is 1. The van der Waals surface area contributed by atoms with E-state index in [1.165, 1.54) is 33.0 Å². The highest BCUT2D eigenvalue weighted by atomic mass is 19.1. The maximum Gasteiger partial charge on any atom is 0.329 e. The van der Waals surface area contributed by atoms with Gasteiger partial charge in [0.05, 0.1) is 6.04 Å². The molecule has 0 fully saturated rings. The first kappa shape index (κ1) is 15.9. The number of carboxylic acid groups (broad SMARTS) is 1. The van der Waals surface area contributed by atoms with Gasteiger partial charge in [0.2, 0.25) is 0 Å². The quantitative estimate of drug-likeness (QED) is 0.891. The normalized spacial score (nSPS) is 12.7. The highest BCUT2D eigenvalue weighted by Gasteiger charge is 2.35. The topological polar surface area (TPSA) is 69.6 Å². The molecule has 0 aliphatic heterocycles. The number of benzene rings is 1. The first-order valence-corrected chi connectivity index (χ1v) is 6.19. The SMILES string of the molecule is CC(NC(=O)N(C)C(C)(C)C(=O)O)c1ccc(F)cc1. The smallest absolute Gasteiger partial charge is 0.329 e. The molecular weight excluding hydrogens is 263 g/mol. The molecule has 0 radical (unpaired) electrons. The minimum atomic E-state index is -1.31. The van der Waals surface area contributed by atoms with Crippen LogP contribution >= 0.6 is 0 Å². The Labute approximate surface area is 117 Å². The zero-order chi connectivity index (χ0) is 15.5. The van der Waals surface area contributed by atoms with Crippen LogP contribution in [-0.2, 0) is 4.79 Å². The molecule has 2 amide bonds. The summed E-state index contributed by atoms with van der Waals surface area (Å²) in [6.07, 6.45) is 0. The molecule has 20 heavy (non-hydrogen) atoms. The van der Waals surface area contributed by atoms with Gasteiger partial charge < -0.3 is 15.3 Å². The summed E-state index contributed by atoms with van der Waals surface area (Å²) in [5.74, 6) is -1.44. The average Bonchev–Trinajstić information content (AvgIpc) is 2.38. The van der Waals surface area contributed by atoms with Gasteiger partial charge in [-0.1, -0.05) is 12.1 Å². The molecule has 1 rings (SSSR count). The van der Waals surface area contributed by atoms with E-state index in [1.807, 2.05) is 0 Å². The van der Waals surface area contributed by atoms with E-state index in [4.69, 9.17) is 5.11 Å². The van der Waals surface area contributed by atoms with Crippen molar-refractivity contribution in [2.24, 2.45) is 0 Å². The molecule has 0 saturated carbocycles. The Morgan fingerprint density at radius 3 is 2.25 bits per heavy atom. The van der Waals surface area contributed by atoms with Crippen LogP contribution in [-0.4, -0.2) is 34.6 Å². The molecule has 0 spiro atoms. The molecule has 6 heteroatoms. The zero-order valence-electron chi connectivity index (χ0n) is 12.0. The highest BCUT2D eigenvalue weighted by molar-refractivity contribution is 5.85. The van der Waals surface area contributed by atoms with Gasteiger partial charge in [-0.3, -0.25) is 0 Å². The Morgan fingerprint density at radius 2 is 1.80 bits per heavy atom. The Kier molecular flexibility index (Phi) is 4.70. The molecule has 1 unspecified atom stereocenters. The summed E-state index contributed by atoms with van der Waals surface area (Å²) in [5.41, 5.74) is -0.576. The third kappa shape index (κ3) is 3.46. The molecular formula is C14H19FN2O3. The lowest BCUT2D eigenvalue weighted by molar-refractivity contribution is -0.146. The van der Waals surface area contributed by atoms with Gasteiger partial charge in [-0.25, -0.2) is 14.0 Å². The van der Waals surface area contributed by atoms with Crippen LogP contribution in [0.2, 0.25) is 0 Å². The minimum absolute atomic E-state index is 0.351. The van der Waals surface area contributed by atoms with Crippen molar-refractivity contribution in [2.75, 3.05) is 7.05 Å². The van der Waals surface area contributed by atoms with E-state index in [-0.39, 0.29) is 11.9 Å². The summed E-state index contributed by atoms with van der Waals surface area (Å²) in [7, 11) is 1.42. The number of urea groups is 1. The summed E-state index contributed by atoms with van der Waals surface area (Å²) < 4.78 is 12.8. The fourth-order valence-corrected chi connectivity index (χ4v) is 1.51. The fraction of sp³-hybridized carbons (Fsp3) is 0.429. The number of carbonyl (C=O) groups excluding carboxylic acids is 1. The van der Waals surface area contributed by atoms with E-state index in [2.05, 4.69) is 5.32 Å². The number of nitrogens with one attached hydrogen (secondary N) is 1. The number of hydrogen-bond acceptors (Lipinski definition) is 2. The van der Waals surface area contributed by atoms with E-state index in [0.29, 0.717) is 0 Å². The molecule has 0 aromatic heterocycles. The third-order valence-corrected chi connectivity index (χ3v) is 3.38. The van der Waals surface area contributed by atoms with Crippen LogP contribution in [0.1, 0.15) is 32.4 Å². The molecule has 0 bridgehead atoms. The lowest BCUT2D eigenvalue weighted by atomic mass is 10.0. The van der Waals surface area contributed by atoms with Crippen molar-refractivity contribution >= 4 is 12.0 Å². The summed E-state index contributed by atoms with van der Waals surface area (Å²) in [5, 5.41) is 11.8. The van der Waals surface area contributed by atoms with Gasteiger partial charge in [-0.15, -0.1) is 0 Å². The van der Waals surface area contributed by atoms with Crippen LogP contribution in [0.15, 0.2) is 24.3 Å². The standard InChI is InChI=1S/C14H19FN2O3/c1-9(10-5-7-11(15)8-6-10)16-13(20)17(4)14(2,3)12(18)19/h5-9H,1-4H3,(H,16,20)(H,18,19). The maximum absolute atomic E-state index is 12.8. The van der Waals surface area contributed by atoms with E-state index in [0.717, 1.165) is 10.5 Å². The molecule has 110 valence electrons. The van der Waals surface area contributed by atoms with Crippen LogP contribution in [0.3, 0.4) is 0 Å². The van der Waals surface area contributed by atoms with Crippen LogP contribution in [0, 0.1) is 5.82 Å². The largest absolute Gasteiger partial charge is 0.480 e. The van der Waals surface area contributed by atoms with Crippen molar-refractivity contribution in [1.82, 2.24) is 10.2 Å². The van der Waals surface area contributed by atoms with Gasteiger partial charge in [0.1, 0.15) is 11.4 Å². The Hall–Kier alpha value is -2.11. The van der Waals surface area contributed by atoms with Crippen LogP contribution in [0.4, 0.5) is 9.18 Å². The molecule has 1 atom stereocenters. The van der Waals surface area contributed by atoms with Crippen molar-refractivity contribution in [3.63, 3.8) is 0 Å². The second-order valence-corrected chi connectivity index (χ2v) is 5.15. The van der Waals surface area contributed by atoms with E-state index < -0.39 is 17.5 Å². The van der Waals surface area contributed by atoms with Crippen LogP contribution in [0.5, 0.6) is 0 Å². The molecule has 0 saturated heterocycles. The molecule has 1 aromatic carbocycles.